The summed E-state index contributed by atoms with van der Waals surface area (Å²) in [5, 5.41) is 0. The maximum Gasteiger partial charge on any atom is 0.171 e. The van der Waals surface area contributed by atoms with Crippen molar-refractivity contribution >= 4 is 5.78 Å². The standard InChI is InChI=1S/C15H18F2O/c1-9-6-10(2)8-11(7-9)15(18)14-12(16)4-3-5-13(14)17/h3-5,9-11H,6-8H2,1-2H3. The molecule has 0 N–H and O–H groups in total. The largest absolute Gasteiger partial charge is 0.294 e. The van der Waals surface area contributed by atoms with Crippen molar-refractivity contribution in [3.63, 3.8) is 0 Å². The number of benzene rings is 1. The Morgan fingerprint density at radius 1 is 1.06 bits per heavy atom. The normalized spacial score (nSPS) is 28.1. The first-order chi connectivity index (χ1) is 8.49. The summed E-state index contributed by atoms with van der Waals surface area (Å²) in [5.41, 5.74) is -0.358. The van der Waals surface area contributed by atoms with Crippen LogP contribution in [0.1, 0.15) is 43.5 Å². The second-order valence-electron chi connectivity index (χ2n) is 5.58. The second-order valence-corrected chi connectivity index (χ2v) is 5.58. The molecule has 0 aromatic heterocycles. The molecule has 18 heavy (non-hydrogen) atoms. The number of carbonyl (C=O) groups is 1. The molecular formula is C15H18F2O. The van der Waals surface area contributed by atoms with Crippen LogP contribution in [0, 0.1) is 29.4 Å². The van der Waals surface area contributed by atoms with E-state index in [0.717, 1.165) is 31.4 Å². The highest BCUT2D eigenvalue weighted by Gasteiger charge is 2.32. The van der Waals surface area contributed by atoms with Gasteiger partial charge in [-0.2, -0.15) is 0 Å². The summed E-state index contributed by atoms with van der Waals surface area (Å²) in [7, 11) is 0. The number of carbonyl (C=O) groups excluding carboxylic acids is 1. The maximum atomic E-state index is 13.6. The molecule has 1 fully saturated rings. The molecule has 1 aromatic rings. The molecule has 0 saturated heterocycles. The lowest BCUT2D eigenvalue weighted by Crippen LogP contribution is -2.27. The minimum Gasteiger partial charge on any atom is -0.294 e. The van der Waals surface area contributed by atoms with Gasteiger partial charge in [0.15, 0.2) is 5.78 Å². The molecular weight excluding hydrogens is 234 g/mol. The number of Topliss-reactive ketones (excluding diaryl/α,β-unsaturated/α-hetero) is 1. The molecule has 2 unspecified atom stereocenters. The Hall–Kier alpha value is -1.25. The van der Waals surface area contributed by atoms with Crippen molar-refractivity contribution in [3.8, 4) is 0 Å². The average molecular weight is 252 g/mol. The van der Waals surface area contributed by atoms with Crippen molar-refractivity contribution in [2.75, 3.05) is 0 Å². The molecule has 1 aliphatic carbocycles. The fourth-order valence-electron chi connectivity index (χ4n) is 3.10. The zero-order valence-corrected chi connectivity index (χ0v) is 10.7. The molecule has 2 atom stereocenters. The third kappa shape index (κ3) is 2.60. The summed E-state index contributed by atoms with van der Waals surface area (Å²) >= 11 is 0. The molecule has 0 bridgehead atoms. The predicted molar refractivity (Wildman–Crippen MR) is 66.4 cm³/mol. The van der Waals surface area contributed by atoms with Crippen LogP contribution in [-0.2, 0) is 0 Å². The fraction of sp³-hybridized carbons (Fsp3) is 0.533. The third-order valence-corrected chi connectivity index (χ3v) is 3.76. The Labute approximate surface area is 106 Å². The maximum absolute atomic E-state index is 13.6. The van der Waals surface area contributed by atoms with Crippen molar-refractivity contribution in [2.45, 2.75) is 33.1 Å². The number of hydrogen-bond acceptors (Lipinski definition) is 1. The Kier molecular flexibility index (Phi) is 3.79. The van der Waals surface area contributed by atoms with Crippen LogP contribution in [-0.4, -0.2) is 5.78 Å². The van der Waals surface area contributed by atoms with Gasteiger partial charge in [0.05, 0.1) is 5.56 Å². The van der Waals surface area contributed by atoms with Crippen molar-refractivity contribution in [1.82, 2.24) is 0 Å². The van der Waals surface area contributed by atoms with Gasteiger partial charge in [-0.1, -0.05) is 19.9 Å². The lowest BCUT2D eigenvalue weighted by atomic mass is 9.74. The lowest BCUT2D eigenvalue weighted by molar-refractivity contribution is 0.0827. The zero-order valence-electron chi connectivity index (χ0n) is 10.7. The molecule has 0 amide bonds. The Bertz CT molecular complexity index is 426. The van der Waals surface area contributed by atoms with Crippen LogP contribution in [0.4, 0.5) is 8.78 Å². The highest BCUT2D eigenvalue weighted by atomic mass is 19.1. The van der Waals surface area contributed by atoms with E-state index in [9.17, 15) is 13.6 Å². The van der Waals surface area contributed by atoms with Gasteiger partial charge in [0.1, 0.15) is 11.6 Å². The first-order valence-corrected chi connectivity index (χ1v) is 6.47. The topological polar surface area (TPSA) is 17.1 Å². The van der Waals surface area contributed by atoms with Gasteiger partial charge in [-0.25, -0.2) is 8.78 Å². The van der Waals surface area contributed by atoms with Crippen LogP contribution >= 0.6 is 0 Å². The van der Waals surface area contributed by atoms with E-state index in [1.54, 1.807) is 0 Å². The molecule has 1 saturated carbocycles. The van der Waals surface area contributed by atoms with E-state index in [-0.39, 0.29) is 17.3 Å². The van der Waals surface area contributed by atoms with E-state index < -0.39 is 11.6 Å². The van der Waals surface area contributed by atoms with Gasteiger partial charge in [0.2, 0.25) is 0 Å². The number of hydrogen-bond donors (Lipinski definition) is 0. The van der Waals surface area contributed by atoms with Gasteiger partial charge < -0.3 is 0 Å². The van der Waals surface area contributed by atoms with E-state index in [1.165, 1.54) is 6.07 Å². The van der Waals surface area contributed by atoms with Crippen LogP contribution in [0.3, 0.4) is 0 Å². The first kappa shape index (κ1) is 13.2. The summed E-state index contributed by atoms with van der Waals surface area (Å²) in [4.78, 5) is 12.3. The molecule has 1 aliphatic rings. The summed E-state index contributed by atoms with van der Waals surface area (Å²) in [6.07, 6.45) is 2.55. The quantitative estimate of drug-likeness (QED) is 0.720. The summed E-state index contributed by atoms with van der Waals surface area (Å²) in [6.45, 7) is 4.18. The molecule has 0 radical (unpaired) electrons. The van der Waals surface area contributed by atoms with Crippen LogP contribution in [0.5, 0.6) is 0 Å². The minimum atomic E-state index is -0.745. The van der Waals surface area contributed by atoms with E-state index in [2.05, 4.69) is 13.8 Å². The smallest absolute Gasteiger partial charge is 0.171 e. The van der Waals surface area contributed by atoms with Gasteiger partial charge in [0, 0.05) is 5.92 Å². The van der Waals surface area contributed by atoms with Crippen molar-refractivity contribution in [2.24, 2.45) is 17.8 Å². The second kappa shape index (κ2) is 5.17. The van der Waals surface area contributed by atoms with Crippen molar-refractivity contribution in [3.05, 3.63) is 35.4 Å². The highest BCUT2D eigenvalue weighted by Crippen LogP contribution is 2.35. The van der Waals surface area contributed by atoms with Crippen LogP contribution in [0.2, 0.25) is 0 Å². The van der Waals surface area contributed by atoms with E-state index in [4.69, 9.17) is 0 Å². The summed E-state index contributed by atoms with van der Waals surface area (Å²) in [5.74, 6) is -1.22. The van der Waals surface area contributed by atoms with Crippen LogP contribution in [0.25, 0.3) is 0 Å². The zero-order chi connectivity index (χ0) is 13.3. The Morgan fingerprint density at radius 3 is 2.06 bits per heavy atom. The molecule has 3 heteroatoms. The molecule has 0 aliphatic heterocycles. The number of halogens is 2. The van der Waals surface area contributed by atoms with Gasteiger partial charge in [-0.3, -0.25) is 4.79 Å². The van der Waals surface area contributed by atoms with Crippen LogP contribution < -0.4 is 0 Å². The average Bonchev–Trinajstić information content (AvgIpc) is 2.27. The van der Waals surface area contributed by atoms with E-state index in [1.807, 2.05) is 0 Å². The van der Waals surface area contributed by atoms with Gasteiger partial charge in [-0.05, 0) is 43.2 Å². The molecule has 1 aromatic carbocycles. The van der Waals surface area contributed by atoms with E-state index in [0.29, 0.717) is 11.8 Å². The van der Waals surface area contributed by atoms with Crippen molar-refractivity contribution < 1.29 is 13.6 Å². The van der Waals surface area contributed by atoms with Gasteiger partial charge in [-0.15, -0.1) is 0 Å². The van der Waals surface area contributed by atoms with E-state index >= 15 is 0 Å². The Balaban J connectivity index is 2.26. The molecule has 2 rings (SSSR count). The predicted octanol–water partition coefficient (Wildman–Crippen LogP) is 4.22. The molecule has 0 heterocycles. The number of rotatable bonds is 2. The lowest BCUT2D eigenvalue weighted by Gasteiger charge is -2.30. The minimum absolute atomic E-state index is 0.241. The fourth-order valence-corrected chi connectivity index (χ4v) is 3.10. The molecule has 1 nitrogen and oxygen atoms in total. The highest BCUT2D eigenvalue weighted by molar-refractivity contribution is 5.98. The summed E-state index contributed by atoms with van der Waals surface area (Å²) < 4.78 is 27.2. The van der Waals surface area contributed by atoms with Gasteiger partial charge in [0.25, 0.3) is 0 Å². The monoisotopic (exact) mass is 252 g/mol. The van der Waals surface area contributed by atoms with Gasteiger partial charge >= 0.3 is 0 Å². The SMILES string of the molecule is CC1CC(C)CC(C(=O)c2c(F)cccc2F)C1. The third-order valence-electron chi connectivity index (χ3n) is 3.76. The molecule has 0 spiro atoms. The van der Waals surface area contributed by atoms with Crippen LogP contribution in [0.15, 0.2) is 18.2 Å². The Morgan fingerprint density at radius 2 is 1.56 bits per heavy atom. The van der Waals surface area contributed by atoms with Crippen molar-refractivity contribution in [1.29, 1.82) is 0 Å². The molecule has 98 valence electrons. The first-order valence-electron chi connectivity index (χ1n) is 6.47. The summed E-state index contributed by atoms with van der Waals surface area (Å²) in [6, 6.07) is 3.57. The number of ketones is 1.